The number of carbonyl (C=O) groups is 1. The number of hydrogen-bond acceptors (Lipinski definition) is 4. The van der Waals surface area contributed by atoms with Crippen LogP contribution in [0.5, 0.6) is 11.5 Å². The number of carbonyl (C=O) groups excluding carboxylic acids is 1. The SMILES string of the molecule is CCCC1(C(=O)Nc2cc(OC)cc(OC)c2)CCCN1. The molecule has 1 heterocycles. The van der Waals surface area contributed by atoms with Crippen molar-refractivity contribution in [3.05, 3.63) is 18.2 Å². The first-order valence-electron chi connectivity index (χ1n) is 7.43. The minimum absolute atomic E-state index is 0.0251. The molecule has 1 saturated heterocycles. The van der Waals surface area contributed by atoms with Crippen molar-refractivity contribution >= 4 is 11.6 Å². The molecule has 1 amide bonds. The fraction of sp³-hybridized carbons (Fsp3) is 0.562. The van der Waals surface area contributed by atoms with E-state index >= 15 is 0 Å². The number of hydrogen-bond donors (Lipinski definition) is 2. The number of benzene rings is 1. The summed E-state index contributed by atoms with van der Waals surface area (Å²) in [6.07, 6.45) is 3.74. The second-order valence-corrected chi connectivity index (χ2v) is 5.42. The molecule has 116 valence electrons. The Labute approximate surface area is 126 Å². The molecule has 1 aliphatic rings. The van der Waals surface area contributed by atoms with Gasteiger partial charge < -0.3 is 20.1 Å². The molecular weight excluding hydrogens is 268 g/mol. The summed E-state index contributed by atoms with van der Waals surface area (Å²) in [5.74, 6) is 1.35. The smallest absolute Gasteiger partial charge is 0.244 e. The summed E-state index contributed by atoms with van der Waals surface area (Å²) in [4.78, 5) is 12.7. The normalized spacial score (nSPS) is 21.1. The number of nitrogens with one attached hydrogen (secondary N) is 2. The number of methoxy groups -OCH3 is 2. The standard InChI is InChI=1S/C16H24N2O3/c1-4-6-16(7-5-8-17-16)15(19)18-12-9-13(20-2)11-14(10-12)21-3/h9-11,17H,4-8H2,1-3H3,(H,18,19). The third-order valence-electron chi connectivity index (χ3n) is 3.96. The third kappa shape index (κ3) is 3.47. The van der Waals surface area contributed by atoms with E-state index in [1.807, 2.05) is 0 Å². The van der Waals surface area contributed by atoms with Crippen molar-refractivity contribution in [2.45, 2.75) is 38.1 Å². The first kappa shape index (κ1) is 15.6. The Kier molecular flexibility index (Phi) is 5.07. The second-order valence-electron chi connectivity index (χ2n) is 5.42. The van der Waals surface area contributed by atoms with Crippen molar-refractivity contribution in [1.82, 2.24) is 5.32 Å². The van der Waals surface area contributed by atoms with Crippen LogP contribution in [0.2, 0.25) is 0 Å². The predicted octanol–water partition coefficient (Wildman–Crippen LogP) is 2.56. The molecule has 5 nitrogen and oxygen atoms in total. The largest absolute Gasteiger partial charge is 0.497 e. The fourth-order valence-corrected chi connectivity index (χ4v) is 2.88. The van der Waals surface area contributed by atoms with Crippen LogP contribution in [0.4, 0.5) is 5.69 Å². The molecule has 1 fully saturated rings. The molecule has 1 unspecified atom stereocenters. The Morgan fingerprint density at radius 1 is 1.29 bits per heavy atom. The lowest BCUT2D eigenvalue weighted by atomic mass is 9.91. The molecular formula is C16H24N2O3. The van der Waals surface area contributed by atoms with Crippen molar-refractivity contribution < 1.29 is 14.3 Å². The Balaban J connectivity index is 2.18. The summed E-state index contributed by atoms with van der Waals surface area (Å²) in [5, 5.41) is 6.37. The number of rotatable bonds is 6. The molecule has 0 spiro atoms. The van der Waals surface area contributed by atoms with E-state index < -0.39 is 5.54 Å². The molecule has 0 aliphatic carbocycles. The predicted molar refractivity (Wildman–Crippen MR) is 83.1 cm³/mol. The zero-order valence-electron chi connectivity index (χ0n) is 13.0. The highest BCUT2D eigenvalue weighted by Crippen LogP contribution is 2.29. The van der Waals surface area contributed by atoms with Gasteiger partial charge in [0.05, 0.1) is 19.8 Å². The number of amides is 1. The zero-order chi connectivity index (χ0) is 15.3. The van der Waals surface area contributed by atoms with Crippen LogP contribution in [0.15, 0.2) is 18.2 Å². The van der Waals surface area contributed by atoms with Gasteiger partial charge in [0, 0.05) is 23.9 Å². The van der Waals surface area contributed by atoms with E-state index in [2.05, 4.69) is 17.6 Å². The van der Waals surface area contributed by atoms with Gasteiger partial charge in [0.25, 0.3) is 0 Å². The topological polar surface area (TPSA) is 59.6 Å². The summed E-state index contributed by atoms with van der Waals surface area (Å²) < 4.78 is 10.5. The van der Waals surface area contributed by atoms with Crippen LogP contribution in [-0.2, 0) is 4.79 Å². The Hall–Kier alpha value is -1.75. The van der Waals surface area contributed by atoms with Crippen molar-refractivity contribution in [2.75, 3.05) is 26.1 Å². The quantitative estimate of drug-likeness (QED) is 0.846. The number of ether oxygens (including phenoxy) is 2. The van der Waals surface area contributed by atoms with E-state index in [9.17, 15) is 4.79 Å². The van der Waals surface area contributed by atoms with Crippen LogP contribution >= 0.6 is 0 Å². The summed E-state index contributed by atoms with van der Waals surface area (Å²) in [7, 11) is 3.19. The molecule has 2 N–H and O–H groups in total. The van der Waals surface area contributed by atoms with Gasteiger partial charge in [-0.05, 0) is 25.8 Å². The van der Waals surface area contributed by atoms with Crippen molar-refractivity contribution in [3.8, 4) is 11.5 Å². The van der Waals surface area contributed by atoms with Gasteiger partial charge in [-0.25, -0.2) is 0 Å². The van der Waals surface area contributed by atoms with E-state index in [0.717, 1.165) is 32.2 Å². The van der Waals surface area contributed by atoms with Gasteiger partial charge in [-0.2, -0.15) is 0 Å². The average molecular weight is 292 g/mol. The van der Waals surface area contributed by atoms with Crippen LogP contribution in [-0.4, -0.2) is 32.2 Å². The van der Waals surface area contributed by atoms with Crippen LogP contribution in [0.1, 0.15) is 32.6 Å². The molecule has 1 aliphatic heterocycles. The van der Waals surface area contributed by atoms with Gasteiger partial charge in [0.1, 0.15) is 11.5 Å². The lowest BCUT2D eigenvalue weighted by Crippen LogP contribution is -2.50. The average Bonchev–Trinajstić information content (AvgIpc) is 2.97. The molecule has 0 bridgehead atoms. The second kappa shape index (κ2) is 6.80. The molecule has 0 aromatic heterocycles. The summed E-state index contributed by atoms with van der Waals surface area (Å²) in [6.45, 7) is 3.00. The summed E-state index contributed by atoms with van der Waals surface area (Å²) in [5.41, 5.74) is 0.255. The highest BCUT2D eigenvalue weighted by Gasteiger charge is 2.39. The monoisotopic (exact) mass is 292 g/mol. The molecule has 1 atom stereocenters. The van der Waals surface area contributed by atoms with E-state index in [0.29, 0.717) is 17.2 Å². The van der Waals surface area contributed by atoms with Crippen LogP contribution < -0.4 is 20.1 Å². The lowest BCUT2D eigenvalue weighted by Gasteiger charge is -2.28. The highest BCUT2D eigenvalue weighted by molar-refractivity contribution is 5.98. The first-order valence-corrected chi connectivity index (χ1v) is 7.43. The molecule has 5 heteroatoms. The van der Waals surface area contributed by atoms with E-state index in [-0.39, 0.29) is 5.91 Å². The first-order chi connectivity index (χ1) is 10.1. The van der Waals surface area contributed by atoms with Gasteiger partial charge in [-0.1, -0.05) is 13.3 Å². The van der Waals surface area contributed by atoms with Gasteiger partial charge in [-0.3, -0.25) is 4.79 Å². The molecule has 1 aromatic carbocycles. The molecule has 2 rings (SSSR count). The molecule has 1 aromatic rings. The third-order valence-corrected chi connectivity index (χ3v) is 3.96. The van der Waals surface area contributed by atoms with Gasteiger partial charge in [-0.15, -0.1) is 0 Å². The maximum absolute atomic E-state index is 12.7. The minimum Gasteiger partial charge on any atom is -0.497 e. The Morgan fingerprint density at radius 2 is 1.95 bits per heavy atom. The Morgan fingerprint density at radius 3 is 2.43 bits per heavy atom. The molecule has 0 radical (unpaired) electrons. The summed E-state index contributed by atoms with van der Waals surface area (Å²) >= 11 is 0. The minimum atomic E-state index is -0.439. The van der Waals surface area contributed by atoms with Crippen molar-refractivity contribution in [3.63, 3.8) is 0 Å². The Bertz CT molecular complexity index is 474. The lowest BCUT2D eigenvalue weighted by molar-refractivity contribution is -0.122. The fourth-order valence-electron chi connectivity index (χ4n) is 2.88. The highest BCUT2D eigenvalue weighted by atomic mass is 16.5. The van der Waals surface area contributed by atoms with Gasteiger partial charge >= 0.3 is 0 Å². The van der Waals surface area contributed by atoms with E-state index in [4.69, 9.17) is 9.47 Å². The van der Waals surface area contributed by atoms with Crippen LogP contribution in [0, 0.1) is 0 Å². The zero-order valence-corrected chi connectivity index (χ0v) is 13.0. The summed E-state index contributed by atoms with van der Waals surface area (Å²) in [6, 6.07) is 5.38. The van der Waals surface area contributed by atoms with Crippen molar-refractivity contribution in [2.24, 2.45) is 0 Å². The maximum atomic E-state index is 12.7. The van der Waals surface area contributed by atoms with Gasteiger partial charge in [0.2, 0.25) is 5.91 Å². The van der Waals surface area contributed by atoms with Crippen LogP contribution in [0.25, 0.3) is 0 Å². The number of anilines is 1. The molecule has 21 heavy (non-hydrogen) atoms. The molecule has 0 saturated carbocycles. The van der Waals surface area contributed by atoms with Gasteiger partial charge in [0.15, 0.2) is 0 Å². The van der Waals surface area contributed by atoms with Crippen LogP contribution in [0.3, 0.4) is 0 Å². The maximum Gasteiger partial charge on any atom is 0.244 e. The van der Waals surface area contributed by atoms with Crippen molar-refractivity contribution in [1.29, 1.82) is 0 Å². The van der Waals surface area contributed by atoms with E-state index in [1.165, 1.54) is 0 Å². The van der Waals surface area contributed by atoms with E-state index in [1.54, 1.807) is 32.4 Å².